The number of halogens is 7. The Morgan fingerprint density at radius 2 is 1.52 bits per heavy atom. The van der Waals surface area contributed by atoms with Crippen LogP contribution in [0.5, 0.6) is 5.75 Å². The van der Waals surface area contributed by atoms with Gasteiger partial charge in [-0.25, -0.2) is 4.39 Å². The van der Waals surface area contributed by atoms with E-state index in [0.29, 0.717) is 0 Å². The van der Waals surface area contributed by atoms with E-state index in [1.54, 1.807) is 0 Å². The van der Waals surface area contributed by atoms with Crippen LogP contribution in [0.2, 0.25) is 0 Å². The molecule has 1 rings (SSSR count). The molecular formula is C12H12F7NO. The van der Waals surface area contributed by atoms with Gasteiger partial charge in [0.1, 0.15) is 11.6 Å². The highest BCUT2D eigenvalue weighted by Crippen LogP contribution is 2.38. The van der Waals surface area contributed by atoms with E-state index in [9.17, 15) is 30.7 Å². The van der Waals surface area contributed by atoms with E-state index in [0.717, 1.165) is 12.1 Å². The van der Waals surface area contributed by atoms with Crippen LogP contribution in [0.4, 0.5) is 30.7 Å². The second kappa shape index (κ2) is 5.70. The summed E-state index contributed by atoms with van der Waals surface area (Å²) in [6.07, 6.45) is -15.3. The molecule has 0 spiro atoms. The lowest BCUT2D eigenvalue weighted by Gasteiger charge is -2.26. The molecule has 0 bridgehead atoms. The maximum absolute atomic E-state index is 13.4. The zero-order valence-electron chi connectivity index (χ0n) is 10.9. The van der Waals surface area contributed by atoms with Gasteiger partial charge in [-0.15, -0.1) is 0 Å². The van der Waals surface area contributed by atoms with E-state index in [1.807, 2.05) is 0 Å². The molecule has 1 unspecified atom stereocenters. The molecule has 1 aromatic rings. The van der Waals surface area contributed by atoms with Gasteiger partial charge in [0.05, 0.1) is 0 Å². The van der Waals surface area contributed by atoms with Crippen molar-refractivity contribution in [3.05, 3.63) is 29.1 Å². The molecule has 9 heteroatoms. The van der Waals surface area contributed by atoms with E-state index in [2.05, 4.69) is 4.74 Å². The van der Waals surface area contributed by atoms with Crippen molar-refractivity contribution in [3.63, 3.8) is 0 Å². The quantitative estimate of drug-likeness (QED) is 0.854. The molecule has 0 aliphatic carbocycles. The predicted octanol–water partition coefficient (Wildman–Crippen LogP) is 4.03. The number of ether oxygens (including phenoxy) is 1. The van der Waals surface area contributed by atoms with Gasteiger partial charge in [0.25, 0.3) is 6.10 Å². The minimum atomic E-state index is -5.66. The zero-order valence-corrected chi connectivity index (χ0v) is 10.9. The Hall–Kier alpha value is -1.51. The molecule has 0 heterocycles. The standard InChI is InChI=1S/C12H12F7NO/c1-5-3-9(7(6(2)20)4-8(5)13)21-10(11(14,15)16)12(17,18)19/h3-4,6,10H,20H2,1-2H3. The van der Waals surface area contributed by atoms with Gasteiger partial charge in [-0.05, 0) is 31.5 Å². The molecule has 2 N–H and O–H groups in total. The lowest BCUT2D eigenvalue weighted by atomic mass is 10.0. The zero-order chi connectivity index (χ0) is 16.6. The summed E-state index contributed by atoms with van der Waals surface area (Å²) in [5.74, 6) is -1.55. The van der Waals surface area contributed by atoms with Gasteiger partial charge in [-0.2, -0.15) is 26.3 Å². The average molecular weight is 319 g/mol. The Morgan fingerprint density at radius 1 is 1.05 bits per heavy atom. The first-order valence-electron chi connectivity index (χ1n) is 5.69. The van der Waals surface area contributed by atoms with E-state index in [1.165, 1.54) is 13.8 Å². The van der Waals surface area contributed by atoms with E-state index in [-0.39, 0.29) is 11.1 Å². The number of hydrogen-bond acceptors (Lipinski definition) is 2. The largest absolute Gasteiger partial charge is 0.471 e. The van der Waals surface area contributed by atoms with Crippen LogP contribution in [0.15, 0.2) is 12.1 Å². The molecular weight excluding hydrogens is 307 g/mol. The monoisotopic (exact) mass is 319 g/mol. The normalized spacial score (nSPS) is 14.4. The predicted molar refractivity (Wildman–Crippen MR) is 60.3 cm³/mol. The molecule has 0 fully saturated rings. The Morgan fingerprint density at radius 3 is 1.90 bits per heavy atom. The highest BCUT2D eigenvalue weighted by Gasteiger charge is 2.59. The molecule has 0 aromatic heterocycles. The summed E-state index contributed by atoms with van der Waals surface area (Å²) in [7, 11) is 0. The molecule has 1 atom stereocenters. The first-order valence-corrected chi connectivity index (χ1v) is 5.69. The van der Waals surface area contributed by atoms with Gasteiger partial charge in [-0.3, -0.25) is 0 Å². The van der Waals surface area contributed by atoms with E-state index < -0.39 is 36.1 Å². The molecule has 1 aromatic carbocycles. The average Bonchev–Trinajstić information content (AvgIpc) is 2.26. The Balaban J connectivity index is 3.30. The number of aryl methyl sites for hydroxylation is 1. The van der Waals surface area contributed by atoms with Crippen LogP contribution in [-0.4, -0.2) is 18.5 Å². The van der Waals surface area contributed by atoms with Gasteiger partial charge in [0, 0.05) is 11.6 Å². The number of alkyl halides is 6. The topological polar surface area (TPSA) is 35.2 Å². The first kappa shape index (κ1) is 17.5. The van der Waals surface area contributed by atoms with Crippen LogP contribution in [0, 0.1) is 12.7 Å². The molecule has 0 aliphatic rings. The van der Waals surface area contributed by atoms with Crippen LogP contribution in [-0.2, 0) is 0 Å². The SMILES string of the molecule is Cc1cc(OC(C(F)(F)F)C(F)(F)F)c(C(C)N)cc1F. The first-order chi connectivity index (χ1) is 9.34. The van der Waals surface area contributed by atoms with Crippen molar-refractivity contribution in [2.24, 2.45) is 5.73 Å². The van der Waals surface area contributed by atoms with Crippen LogP contribution in [0.25, 0.3) is 0 Å². The summed E-state index contributed by atoms with van der Waals surface area (Å²) in [6, 6.07) is 0.523. The van der Waals surface area contributed by atoms with Crippen molar-refractivity contribution in [2.45, 2.75) is 38.3 Å². The van der Waals surface area contributed by atoms with Gasteiger partial charge >= 0.3 is 12.4 Å². The third kappa shape index (κ3) is 4.23. The second-order valence-corrected chi connectivity index (χ2v) is 4.51. The van der Waals surface area contributed by atoms with Crippen molar-refractivity contribution in [3.8, 4) is 5.75 Å². The van der Waals surface area contributed by atoms with Crippen molar-refractivity contribution in [1.29, 1.82) is 0 Å². The Kier molecular flexibility index (Phi) is 4.76. The molecule has 120 valence electrons. The fourth-order valence-electron chi connectivity index (χ4n) is 1.57. The summed E-state index contributed by atoms with van der Waals surface area (Å²) in [5.41, 5.74) is 4.98. The summed E-state index contributed by atoms with van der Waals surface area (Å²) < 4.78 is 92.2. The Bertz CT molecular complexity index is 494. The van der Waals surface area contributed by atoms with Crippen molar-refractivity contribution >= 4 is 0 Å². The van der Waals surface area contributed by atoms with Gasteiger partial charge in [0.2, 0.25) is 0 Å². The van der Waals surface area contributed by atoms with Gasteiger partial charge < -0.3 is 10.5 Å². The fraction of sp³-hybridized carbons (Fsp3) is 0.500. The number of rotatable bonds is 3. The molecule has 0 saturated heterocycles. The number of hydrogen-bond donors (Lipinski definition) is 1. The van der Waals surface area contributed by atoms with Gasteiger partial charge in [0.15, 0.2) is 0 Å². The molecule has 0 saturated carbocycles. The highest BCUT2D eigenvalue weighted by molar-refractivity contribution is 5.40. The lowest BCUT2D eigenvalue weighted by molar-refractivity contribution is -0.300. The van der Waals surface area contributed by atoms with E-state index >= 15 is 0 Å². The van der Waals surface area contributed by atoms with Gasteiger partial charge in [-0.1, -0.05) is 0 Å². The summed E-state index contributed by atoms with van der Waals surface area (Å²) in [4.78, 5) is 0. The summed E-state index contributed by atoms with van der Waals surface area (Å²) >= 11 is 0. The van der Waals surface area contributed by atoms with Crippen molar-refractivity contribution < 1.29 is 35.5 Å². The van der Waals surface area contributed by atoms with Crippen LogP contribution < -0.4 is 10.5 Å². The lowest BCUT2D eigenvalue weighted by Crippen LogP contribution is -2.46. The molecule has 21 heavy (non-hydrogen) atoms. The van der Waals surface area contributed by atoms with Crippen LogP contribution in [0.1, 0.15) is 24.1 Å². The second-order valence-electron chi connectivity index (χ2n) is 4.51. The minimum Gasteiger partial charge on any atom is -0.471 e. The maximum atomic E-state index is 13.4. The van der Waals surface area contributed by atoms with Crippen molar-refractivity contribution in [2.75, 3.05) is 0 Å². The molecule has 2 nitrogen and oxygen atoms in total. The summed E-state index contributed by atoms with van der Waals surface area (Å²) in [6.45, 7) is 2.47. The molecule has 0 aliphatic heterocycles. The number of benzene rings is 1. The summed E-state index contributed by atoms with van der Waals surface area (Å²) in [5, 5.41) is 0. The Labute approximate surface area is 115 Å². The fourth-order valence-corrected chi connectivity index (χ4v) is 1.57. The molecule has 0 amide bonds. The maximum Gasteiger partial charge on any atom is 0.434 e. The smallest absolute Gasteiger partial charge is 0.434 e. The number of nitrogens with two attached hydrogens (primary N) is 1. The highest BCUT2D eigenvalue weighted by atomic mass is 19.4. The third-order valence-corrected chi connectivity index (χ3v) is 2.62. The van der Waals surface area contributed by atoms with Crippen molar-refractivity contribution in [1.82, 2.24) is 0 Å². The van der Waals surface area contributed by atoms with Crippen LogP contribution in [0.3, 0.4) is 0 Å². The third-order valence-electron chi connectivity index (χ3n) is 2.62. The minimum absolute atomic E-state index is 0.155. The van der Waals surface area contributed by atoms with Crippen LogP contribution >= 0.6 is 0 Å². The van der Waals surface area contributed by atoms with E-state index in [4.69, 9.17) is 5.73 Å². The molecule has 0 radical (unpaired) electrons.